The van der Waals surface area contributed by atoms with Gasteiger partial charge in [-0.1, -0.05) is 65.3 Å². The quantitative estimate of drug-likeness (QED) is 0.535. The Bertz CT molecular complexity index is 1180. The van der Waals surface area contributed by atoms with Gasteiger partial charge in [0.15, 0.2) is 0 Å². The number of nitrogen functional groups attached to an aromatic ring is 1. The minimum absolute atomic E-state index is 0.246. The Labute approximate surface area is 162 Å². The largest absolute Gasteiger partial charge is 0.478 e. The first-order valence-corrected chi connectivity index (χ1v) is 9.00. The van der Waals surface area contributed by atoms with E-state index in [0.717, 1.165) is 27.6 Å². The first kappa shape index (κ1) is 17.7. The fourth-order valence-corrected chi connectivity index (χ4v) is 3.30. The number of aryl methyl sites for hydroxylation is 1. The lowest BCUT2D eigenvalue weighted by molar-refractivity contribution is -0.730. The van der Waals surface area contributed by atoms with Gasteiger partial charge in [0.2, 0.25) is 0 Å². The zero-order valence-electron chi connectivity index (χ0n) is 15.5. The van der Waals surface area contributed by atoms with Crippen molar-refractivity contribution in [3.63, 3.8) is 0 Å². The molecule has 0 bridgehead atoms. The molecule has 0 atom stereocenters. The minimum atomic E-state index is -0.952. The second-order valence-electron chi connectivity index (χ2n) is 6.81. The van der Waals surface area contributed by atoms with Crippen LogP contribution in [0, 0.1) is 6.92 Å². The smallest absolute Gasteiger partial charge is 0.335 e. The Balaban J connectivity index is 1.87. The number of hydrogen-bond donors (Lipinski definition) is 2. The molecule has 0 fully saturated rings. The fraction of sp³-hybridized carbons (Fsp3) is 0.0870. The van der Waals surface area contributed by atoms with E-state index in [-0.39, 0.29) is 5.56 Å². The van der Waals surface area contributed by atoms with E-state index in [9.17, 15) is 9.90 Å². The van der Waals surface area contributed by atoms with Crippen molar-refractivity contribution in [2.75, 3.05) is 5.73 Å². The van der Waals surface area contributed by atoms with Crippen LogP contribution in [-0.2, 0) is 6.54 Å². The normalized spacial score (nSPS) is 10.9. The maximum atomic E-state index is 11.3. The highest BCUT2D eigenvalue weighted by atomic mass is 16.4. The van der Waals surface area contributed by atoms with E-state index < -0.39 is 5.97 Å². The maximum Gasteiger partial charge on any atom is 0.335 e. The number of aromatic carboxylic acids is 1. The second kappa shape index (κ2) is 7.12. The van der Waals surface area contributed by atoms with Crippen LogP contribution in [-0.4, -0.2) is 16.2 Å². The van der Waals surface area contributed by atoms with Crippen molar-refractivity contribution in [3.05, 3.63) is 89.5 Å². The van der Waals surface area contributed by atoms with E-state index in [2.05, 4.69) is 24.3 Å². The van der Waals surface area contributed by atoms with Crippen molar-refractivity contribution in [2.24, 2.45) is 0 Å². The van der Waals surface area contributed by atoms with Gasteiger partial charge in [-0.2, -0.15) is 0 Å². The first-order valence-electron chi connectivity index (χ1n) is 9.00. The molecule has 138 valence electrons. The van der Waals surface area contributed by atoms with E-state index in [1.54, 1.807) is 22.9 Å². The van der Waals surface area contributed by atoms with Crippen LogP contribution in [0.3, 0.4) is 0 Å². The van der Waals surface area contributed by atoms with Gasteiger partial charge in [0.05, 0.1) is 10.9 Å². The van der Waals surface area contributed by atoms with Crippen molar-refractivity contribution in [1.29, 1.82) is 0 Å². The Hall–Kier alpha value is -3.73. The third-order valence-electron chi connectivity index (χ3n) is 4.79. The van der Waals surface area contributed by atoms with Gasteiger partial charge >= 0.3 is 11.8 Å². The van der Waals surface area contributed by atoms with Gasteiger partial charge in [0.25, 0.3) is 0 Å². The van der Waals surface area contributed by atoms with Crippen LogP contribution in [0.1, 0.15) is 21.5 Å². The summed E-state index contributed by atoms with van der Waals surface area (Å²) in [4.78, 5) is 11.3. The third kappa shape index (κ3) is 3.30. The molecule has 0 amide bonds. The van der Waals surface area contributed by atoms with Crippen molar-refractivity contribution in [3.8, 4) is 11.3 Å². The van der Waals surface area contributed by atoms with Crippen molar-refractivity contribution < 1.29 is 14.6 Å². The highest BCUT2D eigenvalue weighted by Crippen LogP contribution is 2.28. The van der Waals surface area contributed by atoms with Gasteiger partial charge in [0.1, 0.15) is 12.2 Å². The minimum Gasteiger partial charge on any atom is -0.478 e. The number of carboxylic acids is 1. The van der Waals surface area contributed by atoms with Gasteiger partial charge in [-0.15, -0.1) is 4.68 Å². The molecule has 0 aliphatic carbocycles. The van der Waals surface area contributed by atoms with Crippen molar-refractivity contribution in [2.45, 2.75) is 13.5 Å². The molecular formula is C23H20N3O2+. The monoisotopic (exact) mass is 370 g/mol. The molecule has 0 saturated carbocycles. The molecule has 0 unspecified atom stereocenters. The average molecular weight is 370 g/mol. The standard InChI is InChI=1S/C23H19N3O2/c1-15-9-11-17(12-10-15)21-19-7-2-3-8-20(19)22(24)26(25-21)14-16-5-4-6-18(13-16)23(27)28/h2-13,24H,14H2,1H3,(H,27,28)/p+1. The number of carbonyl (C=O) groups is 1. The number of hydrogen-bond acceptors (Lipinski definition) is 3. The molecule has 0 spiro atoms. The lowest BCUT2D eigenvalue weighted by Crippen LogP contribution is -2.42. The number of carboxylic acid groups (broad SMARTS) is 1. The van der Waals surface area contributed by atoms with Crippen LogP contribution in [0.15, 0.2) is 72.8 Å². The number of aromatic nitrogens is 2. The number of fused-ring (bicyclic) bond motifs is 1. The Morgan fingerprint density at radius 2 is 1.71 bits per heavy atom. The summed E-state index contributed by atoms with van der Waals surface area (Å²) in [5.74, 6) is -0.404. The van der Waals surface area contributed by atoms with Gasteiger partial charge < -0.3 is 5.11 Å². The van der Waals surface area contributed by atoms with Gasteiger partial charge in [0, 0.05) is 10.9 Å². The molecule has 5 heteroatoms. The molecular weight excluding hydrogens is 350 g/mol. The first-order chi connectivity index (χ1) is 13.5. The molecule has 0 aliphatic rings. The van der Waals surface area contributed by atoms with Gasteiger partial charge in [-0.05, 0) is 30.7 Å². The number of benzene rings is 3. The van der Waals surface area contributed by atoms with Gasteiger partial charge in [-0.3, -0.25) is 5.73 Å². The average Bonchev–Trinajstić information content (AvgIpc) is 2.71. The molecule has 3 N–H and O–H groups in total. The highest BCUT2D eigenvalue weighted by molar-refractivity contribution is 5.98. The predicted molar refractivity (Wildman–Crippen MR) is 109 cm³/mol. The number of anilines is 1. The van der Waals surface area contributed by atoms with Crippen LogP contribution in [0.5, 0.6) is 0 Å². The summed E-state index contributed by atoms with van der Waals surface area (Å²) in [6.45, 7) is 2.44. The van der Waals surface area contributed by atoms with E-state index in [0.29, 0.717) is 12.4 Å². The van der Waals surface area contributed by atoms with E-state index in [4.69, 9.17) is 10.8 Å². The molecule has 0 aliphatic heterocycles. The summed E-state index contributed by atoms with van der Waals surface area (Å²) in [6, 6.07) is 23.0. The zero-order chi connectivity index (χ0) is 19.7. The molecule has 4 aromatic rings. The van der Waals surface area contributed by atoms with Crippen LogP contribution in [0.2, 0.25) is 0 Å². The Morgan fingerprint density at radius 1 is 1.00 bits per heavy atom. The van der Waals surface area contributed by atoms with Crippen molar-refractivity contribution in [1.82, 2.24) is 5.10 Å². The summed E-state index contributed by atoms with van der Waals surface area (Å²) < 4.78 is 1.73. The molecule has 4 rings (SSSR count). The Kier molecular flexibility index (Phi) is 4.49. The molecule has 5 nitrogen and oxygen atoms in total. The maximum absolute atomic E-state index is 11.3. The van der Waals surface area contributed by atoms with Crippen LogP contribution >= 0.6 is 0 Å². The lowest BCUT2D eigenvalue weighted by atomic mass is 10.0. The van der Waals surface area contributed by atoms with Gasteiger partial charge in [-0.25, -0.2) is 4.79 Å². The van der Waals surface area contributed by atoms with E-state index in [1.165, 1.54) is 5.56 Å². The summed E-state index contributed by atoms with van der Waals surface area (Å²) in [5, 5.41) is 16.0. The van der Waals surface area contributed by atoms with E-state index >= 15 is 0 Å². The van der Waals surface area contributed by atoms with Crippen molar-refractivity contribution >= 4 is 22.6 Å². The summed E-state index contributed by atoms with van der Waals surface area (Å²) in [7, 11) is 0. The topological polar surface area (TPSA) is 80.1 Å². The third-order valence-corrected chi connectivity index (χ3v) is 4.79. The summed E-state index contributed by atoms with van der Waals surface area (Å²) >= 11 is 0. The summed E-state index contributed by atoms with van der Waals surface area (Å²) in [6.07, 6.45) is 0. The molecule has 1 heterocycles. The Morgan fingerprint density at radius 3 is 2.43 bits per heavy atom. The molecule has 28 heavy (non-hydrogen) atoms. The molecule has 3 aromatic carbocycles. The number of nitrogens with two attached hydrogens (primary N) is 1. The lowest BCUT2D eigenvalue weighted by Gasteiger charge is -2.10. The predicted octanol–water partition coefficient (Wildman–Crippen LogP) is 3.83. The number of nitrogens with zero attached hydrogens (tertiary/aromatic N) is 2. The second-order valence-corrected chi connectivity index (χ2v) is 6.81. The summed E-state index contributed by atoms with van der Waals surface area (Å²) in [5.41, 5.74) is 10.5. The van der Waals surface area contributed by atoms with Crippen LogP contribution in [0.25, 0.3) is 22.0 Å². The van der Waals surface area contributed by atoms with Crippen LogP contribution < -0.4 is 10.4 Å². The molecule has 0 radical (unpaired) electrons. The highest BCUT2D eigenvalue weighted by Gasteiger charge is 2.18. The molecule has 1 aromatic heterocycles. The molecule has 0 saturated heterocycles. The number of rotatable bonds is 4. The van der Waals surface area contributed by atoms with Crippen LogP contribution in [0.4, 0.5) is 5.82 Å². The van der Waals surface area contributed by atoms with E-state index in [1.807, 2.05) is 37.3 Å². The SMILES string of the molecule is Cc1ccc(-c2n[n+](Cc3cccc(C(=O)O)c3)c(N)c3ccccc23)cc1. The zero-order valence-corrected chi connectivity index (χ0v) is 15.5. The fourth-order valence-electron chi connectivity index (χ4n) is 3.30.